The largest absolute Gasteiger partial charge is 0.385 e. The molecular formula is C32H38N4S. The van der Waals surface area contributed by atoms with Crippen LogP contribution < -0.4 is 15.5 Å². The maximum Gasteiger partial charge on any atom is 0.0719 e. The Kier molecular flexibility index (Phi) is 8.99. The number of benzene rings is 3. The van der Waals surface area contributed by atoms with Crippen molar-refractivity contribution in [2.45, 2.75) is 37.5 Å². The number of nitrogens with one attached hydrogen (secondary N) is 2. The number of piperazine rings is 1. The second-order valence-corrected chi connectivity index (χ2v) is 11.0. The molecule has 0 spiro atoms. The minimum Gasteiger partial charge on any atom is -0.385 e. The Bertz CT molecular complexity index is 1260. The molecule has 3 aromatic carbocycles. The van der Waals surface area contributed by atoms with E-state index in [2.05, 4.69) is 100 Å². The maximum absolute atomic E-state index is 4.65. The third-order valence-corrected chi connectivity index (χ3v) is 8.25. The summed E-state index contributed by atoms with van der Waals surface area (Å²) in [5, 5.41) is 8.26. The highest BCUT2D eigenvalue weighted by atomic mass is 32.2. The van der Waals surface area contributed by atoms with Crippen LogP contribution in [0.5, 0.6) is 0 Å². The Morgan fingerprint density at radius 2 is 1.59 bits per heavy atom. The van der Waals surface area contributed by atoms with Gasteiger partial charge < -0.3 is 15.5 Å². The zero-order chi connectivity index (χ0) is 25.3. The van der Waals surface area contributed by atoms with Crippen LogP contribution in [0.25, 0.3) is 22.0 Å². The summed E-state index contributed by atoms with van der Waals surface area (Å²) in [6, 6.07) is 26.5. The van der Waals surface area contributed by atoms with Crippen molar-refractivity contribution in [1.82, 2.24) is 10.3 Å². The van der Waals surface area contributed by atoms with Gasteiger partial charge in [-0.2, -0.15) is 0 Å². The number of pyridine rings is 1. The van der Waals surface area contributed by atoms with Crippen LogP contribution in [0.15, 0.2) is 83.9 Å². The summed E-state index contributed by atoms with van der Waals surface area (Å²) in [4.78, 5) is 8.45. The first kappa shape index (κ1) is 25.6. The van der Waals surface area contributed by atoms with Crippen molar-refractivity contribution < 1.29 is 0 Å². The van der Waals surface area contributed by atoms with E-state index in [0.29, 0.717) is 0 Å². The number of aromatic nitrogens is 1. The smallest absolute Gasteiger partial charge is 0.0719 e. The summed E-state index contributed by atoms with van der Waals surface area (Å²) in [5.74, 6) is 1.15. The molecule has 2 N–H and O–H groups in total. The molecular weight excluding hydrogens is 472 g/mol. The van der Waals surface area contributed by atoms with Crippen molar-refractivity contribution in [2.75, 3.05) is 48.7 Å². The molecule has 1 fully saturated rings. The van der Waals surface area contributed by atoms with Crippen molar-refractivity contribution >= 4 is 34.0 Å². The molecule has 0 bridgehead atoms. The van der Waals surface area contributed by atoms with Crippen LogP contribution in [0.3, 0.4) is 0 Å². The van der Waals surface area contributed by atoms with Crippen LogP contribution in [-0.2, 0) is 0 Å². The predicted octanol–water partition coefficient (Wildman–Crippen LogP) is 7.38. The van der Waals surface area contributed by atoms with Crippen molar-refractivity contribution in [1.29, 1.82) is 0 Å². The van der Waals surface area contributed by atoms with E-state index in [1.165, 1.54) is 64.0 Å². The van der Waals surface area contributed by atoms with Gasteiger partial charge in [0.1, 0.15) is 0 Å². The zero-order valence-corrected chi connectivity index (χ0v) is 22.7. The summed E-state index contributed by atoms with van der Waals surface area (Å²) < 4.78 is 0. The quantitative estimate of drug-likeness (QED) is 0.163. The van der Waals surface area contributed by atoms with E-state index in [9.17, 15) is 0 Å². The summed E-state index contributed by atoms with van der Waals surface area (Å²) in [6.45, 7) is 7.51. The number of fused-ring (bicyclic) bond motifs is 1. The molecule has 0 saturated carbocycles. The monoisotopic (exact) mass is 510 g/mol. The second-order valence-electron chi connectivity index (χ2n) is 9.88. The molecule has 1 saturated heterocycles. The topological polar surface area (TPSA) is 40.2 Å². The number of rotatable bonds is 11. The van der Waals surface area contributed by atoms with Gasteiger partial charge in [0.25, 0.3) is 0 Å². The fourth-order valence-electron chi connectivity index (χ4n) is 4.88. The number of aryl methyl sites for hydroxylation is 1. The summed E-state index contributed by atoms with van der Waals surface area (Å²) in [5.41, 5.74) is 7.40. The number of hydrogen-bond acceptors (Lipinski definition) is 5. The molecule has 0 amide bonds. The van der Waals surface area contributed by atoms with Gasteiger partial charge in [-0.25, -0.2) is 0 Å². The molecule has 4 aromatic rings. The van der Waals surface area contributed by atoms with Gasteiger partial charge in [-0.1, -0.05) is 54.8 Å². The number of anilines is 2. The molecule has 1 aromatic heterocycles. The van der Waals surface area contributed by atoms with Crippen LogP contribution in [0.2, 0.25) is 0 Å². The van der Waals surface area contributed by atoms with E-state index in [0.717, 1.165) is 44.0 Å². The average Bonchev–Trinajstić information content (AvgIpc) is 2.95. The minimum absolute atomic E-state index is 1.04. The molecule has 1 aliphatic heterocycles. The molecule has 4 nitrogen and oxygen atoms in total. The standard InChI is InChI=1S/C32H38N4S/c1-25-6-8-26(9-7-25)27-10-15-30-31(24-27)35-18-16-32(30)37-23-5-3-2-4-17-34-28-11-13-29(14-12-28)36-21-19-33-20-22-36/h6-16,18,24,33-34H,2-5,17,19-23H2,1H3. The lowest BCUT2D eigenvalue weighted by atomic mass is 10.0. The van der Waals surface area contributed by atoms with Gasteiger partial charge in [-0.3, -0.25) is 4.98 Å². The highest BCUT2D eigenvalue weighted by molar-refractivity contribution is 7.99. The summed E-state index contributed by atoms with van der Waals surface area (Å²) in [7, 11) is 0. The summed E-state index contributed by atoms with van der Waals surface area (Å²) >= 11 is 1.96. The molecule has 5 rings (SSSR count). The number of unbranched alkanes of at least 4 members (excludes halogenated alkanes) is 3. The van der Waals surface area contributed by atoms with Crippen molar-refractivity contribution in [2.24, 2.45) is 0 Å². The third kappa shape index (κ3) is 7.06. The van der Waals surface area contributed by atoms with Gasteiger partial charge in [0.2, 0.25) is 0 Å². The molecule has 0 atom stereocenters. The normalized spacial score (nSPS) is 13.7. The van der Waals surface area contributed by atoms with Gasteiger partial charge in [0, 0.05) is 60.6 Å². The lowest BCUT2D eigenvalue weighted by molar-refractivity contribution is 0.589. The van der Waals surface area contributed by atoms with Crippen LogP contribution in [0, 0.1) is 6.92 Å². The molecule has 0 aliphatic carbocycles. The maximum atomic E-state index is 4.65. The van der Waals surface area contributed by atoms with Crippen LogP contribution in [-0.4, -0.2) is 43.5 Å². The SMILES string of the molecule is Cc1ccc(-c2ccc3c(SCCCCCCNc4ccc(N5CCNCC5)cc4)ccnc3c2)cc1. The first-order chi connectivity index (χ1) is 18.3. The second kappa shape index (κ2) is 13.0. The molecule has 1 aliphatic rings. The highest BCUT2D eigenvalue weighted by Gasteiger charge is 2.10. The van der Waals surface area contributed by atoms with E-state index in [4.69, 9.17) is 0 Å². The van der Waals surface area contributed by atoms with Gasteiger partial charge in [0.15, 0.2) is 0 Å². The number of thioether (sulfide) groups is 1. The van der Waals surface area contributed by atoms with E-state index in [1.807, 2.05) is 18.0 Å². The van der Waals surface area contributed by atoms with Crippen LogP contribution in [0.1, 0.15) is 31.2 Å². The van der Waals surface area contributed by atoms with Crippen LogP contribution in [0.4, 0.5) is 11.4 Å². The molecule has 5 heteroatoms. The fourth-order valence-corrected chi connectivity index (χ4v) is 5.94. The van der Waals surface area contributed by atoms with Gasteiger partial charge in [-0.05, 0) is 73.0 Å². The van der Waals surface area contributed by atoms with E-state index in [-0.39, 0.29) is 0 Å². The molecule has 0 radical (unpaired) electrons. The third-order valence-electron chi connectivity index (χ3n) is 7.09. The number of hydrogen-bond donors (Lipinski definition) is 2. The minimum atomic E-state index is 1.04. The summed E-state index contributed by atoms with van der Waals surface area (Å²) in [6.07, 6.45) is 6.95. The lowest BCUT2D eigenvalue weighted by Crippen LogP contribution is -2.43. The van der Waals surface area contributed by atoms with Crippen molar-refractivity contribution in [3.8, 4) is 11.1 Å². The predicted molar refractivity (Wildman–Crippen MR) is 161 cm³/mol. The average molecular weight is 511 g/mol. The first-order valence-electron chi connectivity index (χ1n) is 13.6. The van der Waals surface area contributed by atoms with Crippen molar-refractivity contribution in [3.63, 3.8) is 0 Å². The Balaban J connectivity index is 1.01. The van der Waals surface area contributed by atoms with E-state index in [1.54, 1.807) is 0 Å². The van der Waals surface area contributed by atoms with Gasteiger partial charge in [-0.15, -0.1) is 11.8 Å². The highest BCUT2D eigenvalue weighted by Crippen LogP contribution is 2.31. The lowest BCUT2D eigenvalue weighted by Gasteiger charge is -2.29. The van der Waals surface area contributed by atoms with E-state index >= 15 is 0 Å². The number of nitrogens with zero attached hydrogens (tertiary/aromatic N) is 2. The Labute approximate surface area is 225 Å². The Morgan fingerprint density at radius 3 is 2.41 bits per heavy atom. The van der Waals surface area contributed by atoms with Crippen molar-refractivity contribution in [3.05, 3.63) is 84.6 Å². The Hall–Kier alpha value is -3.02. The first-order valence-corrected chi connectivity index (χ1v) is 14.6. The Morgan fingerprint density at radius 1 is 0.838 bits per heavy atom. The molecule has 37 heavy (non-hydrogen) atoms. The molecule has 2 heterocycles. The molecule has 192 valence electrons. The zero-order valence-electron chi connectivity index (χ0n) is 21.9. The van der Waals surface area contributed by atoms with Crippen LogP contribution >= 0.6 is 11.8 Å². The fraction of sp³-hybridized carbons (Fsp3) is 0.344. The van der Waals surface area contributed by atoms with E-state index < -0.39 is 0 Å². The van der Waals surface area contributed by atoms with Gasteiger partial charge >= 0.3 is 0 Å². The molecule has 0 unspecified atom stereocenters. The van der Waals surface area contributed by atoms with Gasteiger partial charge in [0.05, 0.1) is 5.52 Å².